The molecule has 0 aliphatic carbocycles. The third kappa shape index (κ3) is 3.04. The maximum Gasteiger partial charge on any atom is 0.255 e. The Morgan fingerprint density at radius 1 is 1.12 bits per heavy atom. The van der Waals surface area contributed by atoms with E-state index in [2.05, 4.69) is 15.3 Å². The quantitative estimate of drug-likeness (QED) is 0.588. The molecule has 5 nitrogen and oxygen atoms in total. The van der Waals surface area contributed by atoms with Gasteiger partial charge in [0.05, 0.1) is 0 Å². The molecule has 0 aliphatic heterocycles. The molecule has 0 saturated carbocycles. The number of hydrogen-bond acceptors (Lipinski definition) is 4. The Balaban J connectivity index is 1.67. The van der Waals surface area contributed by atoms with Crippen LogP contribution in [0.5, 0.6) is 0 Å². The normalized spacial score (nSPS) is 10.8. The van der Waals surface area contributed by atoms with Crippen molar-refractivity contribution in [3.63, 3.8) is 0 Å². The summed E-state index contributed by atoms with van der Waals surface area (Å²) in [6.07, 6.45) is 1.65. The minimum absolute atomic E-state index is 0.251. The molecule has 0 saturated heterocycles. The molecule has 26 heavy (non-hydrogen) atoms. The van der Waals surface area contributed by atoms with Crippen molar-refractivity contribution in [1.29, 1.82) is 0 Å². The van der Waals surface area contributed by atoms with Crippen LogP contribution >= 0.6 is 0 Å². The third-order valence-corrected chi connectivity index (χ3v) is 3.98. The molecule has 0 bridgehead atoms. The lowest BCUT2D eigenvalue weighted by Gasteiger charge is -2.10. The van der Waals surface area contributed by atoms with Crippen molar-refractivity contribution in [3.05, 3.63) is 77.7 Å². The minimum Gasteiger partial charge on any atom is -0.434 e. The summed E-state index contributed by atoms with van der Waals surface area (Å²) in [5.74, 6) is -0.425. The lowest BCUT2D eigenvalue weighted by molar-refractivity contribution is 0.102. The number of hydrogen-bond donors (Lipinski definition) is 1. The first-order chi connectivity index (χ1) is 12.6. The summed E-state index contributed by atoms with van der Waals surface area (Å²) in [5, 5.41) is 2.81. The Morgan fingerprint density at radius 3 is 2.81 bits per heavy atom. The number of nitrogens with one attached hydrogen (secondary N) is 1. The van der Waals surface area contributed by atoms with Crippen molar-refractivity contribution >= 4 is 22.8 Å². The minimum atomic E-state index is -0.456. The van der Waals surface area contributed by atoms with E-state index in [1.165, 1.54) is 18.2 Å². The summed E-state index contributed by atoms with van der Waals surface area (Å²) in [6, 6.07) is 14.6. The first kappa shape index (κ1) is 16.0. The number of fused-ring (bicyclic) bond motifs is 1. The van der Waals surface area contributed by atoms with E-state index in [-0.39, 0.29) is 11.5 Å². The van der Waals surface area contributed by atoms with Crippen LogP contribution in [0, 0.1) is 12.7 Å². The molecule has 0 radical (unpaired) electrons. The van der Waals surface area contributed by atoms with Gasteiger partial charge in [0.2, 0.25) is 5.89 Å². The second-order valence-electron chi connectivity index (χ2n) is 5.84. The number of rotatable bonds is 3. The predicted molar refractivity (Wildman–Crippen MR) is 96.3 cm³/mol. The topological polar surface area (TPSA) is 68.0 Å². The van der Waals surface area contributed by atoms with E-state index < -0.39 is 5.82 Å². The van der Waals surface area contributed by atoms with Crippen LogP contribution in [-0.2, 0) is 0 Å². The van der Waals surface area contributed by atoms with E-state index in [1.54, 1.807) is 30.5 Å². The second kappa shape index (κ2) is 6.40. The number of benzene rings is 2. The van der Waals surface area contributed by atoms with Gasteiger partial charge in [0.1, 0.15) is 5.82 Å². The maximum atomic E-state index is 13.3. The average molecular weight is 347 g/mol. The standard InChI is InChI=1S/C20H14FN3O2/c1-12-7-8-14(20-24-18-17(26-20)6-3-9-22-18)11-16(12)23-19(25)13-4-2-5-15(21)10-13/h2-11H,1H3,(H,23,25). The van der Waals surface area contributed by atoms with Gasteiger partial charge in [-0.2, -0.15) is 4.98 Å². The molecule has 128 valence electrons. The van der Waals surface area contributed by atoms with Gasteiger partial charge in [-0.25, -0.2) is 9.37 Å². The van der Waals surface area contributed by atoms with E-state index >= 15 is 0 Å². The average Bonchev–Trinajstić information content (AvgIpc) is 3.07. The van der Waals surface area contributed by atoms with Gasteiger partial charge in [-0.1, -0.05) is 12.1 Å². The highest BCUT2D eigenvalue weighted by atomic mass is 19.1. The fourth-order valence-corrected chi connectivity index (χ4v) is 2.61. The van der Waals surface area contributed by atoms with Crippen molar-refractivity contribution < 1.29 is 13.6 Å². The molecule has 2 aromatic heterocycles. The van der Waals surface area contributed by atoms with Crippen LogP contribution in [0.25, 0.3) is 22.7 Å². The monoisotopic (exact) mass is 347 g/mol. The number of nitrogens with zero attached hydrogens (tertiary/aromatic N) is 2. The molecule has 4 rings (SSSR count). The summed E-state index contributed by atoms with van der Waals surface area (Å²) in [4.78, 5) is 20.9. The van der Waals surface area contributed by atoms with E-state index in [0.717, 1.165) is 5.56 Å². The fourth-order valence-electron chi connectivity index (χ4n) is 2.61. The highest BCUT2D eigenvalue weighted by molar-refractivity contribution is 6.04. The van der Waals surface area contributed by atoms with Crippen molar-refractivity contribution in [3.8, 4) is 11.5 Å². The Labute approximate surface area is 148 Å². The molecule has 0 spiro atoms. The van der Waals surface area contributed by atoms with Crippen LogP contribution in [0.3, 0.4) is 0 Å². The summed E-state index contributed by atoms with van der Waals surface area (Å²) in [6.45, 7) is 1.87. The number of carbonyl (C=O) groups is 1. The summed E-state index contributed by atoms with van der Waals surface area (Å²) in [7, 11) is 0. The number of carbonyl (C=O) groups excluding carboxylic acids is 1. The first-order valence-corrected chi connectivity index (χ1v) is 8.00. The Kier molecular flexibility index (Phi) is 3.93. The van der Waals surface area contributed by atoms with Gasteiger partial charge in [0.15, 0.2) is 11.2 Å². The zero-order valence-electron chi connectivity index (χ0n) is 13.9. The van der Waals surface area contributed by atoms with Crippen LogP contribution in [0.15, 0.2) is 65.2 Å². The smallest absolute Gasteiger partial charge is 0.255 e. The SMILES string of the molecule is Cc1ccc(-c2nc3ncccc3o2)cc1NC(=O)c1cccc(F)c1. The molecule has 4 aromatic rings. The van der Waals surface area contributed by atoms with Gasteiger partial charge < -0.3 is 9.73 Å². The lowest BCUT2D eigenvalue weighted by atomic mass is 10.1. The van der Waals surface area contributed by atoms with Crippen LogP contribution in [0.2, 0.25) is 0 Å². The molecule has 1 N–H and O–H groups in total. The number of amides is 1. The first-order valence-electron chi connectivity index (χ1n) is 8.00. The van der Waals surface area contributed by atoms with Crippen molar-refractivity contribution in [2.75, 3.05) is 5.32 Å². The summed E-state index contributed by atoms with van der Waals surface area (Å²) in [5.41, 5.74) is 3.55. The number of oxazole rings is 1. The van der Waals surface area contributed by atoms with Crippen LogP contribution in [0.4, 0.5) is 10.1 Å². The third-order valence-electron chi connectivity index (χ3n) is 3.98. The Morgan fingerprint density at radius 2 is 2.00 bits per heavy atom. The van der Waals surface area contributed by atoms with E-state index in [0.29, 0.717) is 28.4 Å². The number of halogens is 1. The van der Waals surface area contributed by atoms with E-state index in [1.807, 2.05) is 19.1 Å². The Hall–Kier alpha value is -3.54. The van der Waals surface area contributed by atoms with Crippen molar-refractivity contribution in [2.45, 2.75) is 6.92 Å². The molecule has 0 fully saturated rings. The number of aromatic nitrogens is 2. The van der Waals surface area contributed by atoms with E-state index in [9.17, 15) is 9.18 Å². The number of pyridine rings is 1. The molecule has 0 atom stereocenters. The van der Waals surface area contributed by atoms with Gasteiger partial charge in [-0.15, -0.1) is 0 Å². The Bertz CT molecular complexity index is 1090. The maximum absolute atomic E-state index is 13.3. The molecule has 2 aromatic carbocycles. The number of anilines is 1. The molecular formula is C20H14FN3O2. The second-order valence-corrected chi connectivity index (χ2v) is 5.84. The largest absolute Gasteiger partial charge is 0.434 e. The van der Waals surface area contributed by atoms with Gasteiger partial charge in [0.25, 0.3) is 5.91 Å². The van der Waals surface area contributed by atoms with Crippen LogP contribution < -0.4 is 5.32 Å². The number of aryl methyl sites for hydroxylation is 1. The molecule has 6 heteroatoms. The summed E-state index contributed by atoms with van der Waals surface area (Å²) >= 11 is 0. The van der Waals surface area contributed by atoms with E-state index in [4.69, 9.17) is 4.42 Å². The highest BCUT2D eigenvalue weighted by Gasteiger charge is 2.13. The molecule has 2 heterocycles. The highest BCUT2D eigenvalue weighted by Crippen LogP contribution is 2.27. The molecule has 0 unspecified atom stereocenters. The fraction of sp³-hybridized carbons (Fsp3) is 0.0500. The molecule has 1 amide bonds. The molecular weight excluding hydrogens is 333 g/mol. The van der Waals surface area contributed by atoms with Crippen molar-refractivity contribution in [2.24, 2.45) is 0 Å². The van der Waals surface area contributed by atoms with Gasteiger partial charge in [0, 0.05) is 23.0 Å². The zero-order valence-corrected chi connectivity index (χ0v) is 13.9. The van der Waals surface area contributed by atoms with Crippen LogP contribution in [0.1, 0.15) is 15.9 Å². The van der Waals surface area contributed by atoms with Gasteiger partial charge >= 0.3 is 0 Å². The lowest BCUT2D eigenvalue weighted by Crippen LogP contribution is -2.13. The molecule has 0 aliphatic rings. The predicted octanol–water partition coefficient (Wildman–Crippen LogP) is 4.59. The summed E-state index contributed by atoms with van der Waals surface area (Å²) < 4.78 is 19.0. The van der Waals surface area contributed by atoms with Gasteiger partial charge in [-0.3, -0.25) is 4.79 Å². The van der Waals surface area contributed by atoms with Crippen molar-refractivity contribution in [1.82, 2.24) is 9.97 Å². The zero-order chi connectivity index (χ0) is 18.1. The van der Waals surface area contributed by atoms with Crippen LogP contribution in [-0.4, -0.2) is 15.9 Å². The van der Waals surface area contributed by atoms with Gasteiger partial charge in [-0.05, 0) is 55.0 Å².